The van der Waals surface area contributed by atoms with Gasteiger partial charge in [0.25, 0.3) is 0 Å². The number of hydrogen-bond acceptors (Lipinski definition) is 7. The maximum atomic E-state index is 10.1. The standard InChI is InChI=1S/C15H15N3O4/c1-9-14(20)12-6-21-8-22-7-13(12)15(16-9)18-17-10-3-2-4-11(19)5-10/h2-5,19-20H,6-8H2,1H3. The van der Waals surface area contributed by atoms with Crippen LogP contribution < -0.4 is 0 Å². The van der Waals surface area contributed by atoms with E-state index in [1.807, 2.05) is 0 Å². The molecule has 0 fully saturated rings. The summed E-state index contributed by atoms with van der Waals surface area (Å²) >= 11 is 0. The number of aryl methyl sites for hydroxylation is 1. The van der Waals surface area contributed by atoms with Crippen LogP contribution >= 0.6 is 0 Å². The van der Waals surface area contributed by atoms with E-state index in [1.54, 1.807) is 25.1 Å². The molecule has 0 saturated carbocycles. The number of nitrogens with zero attached hydrogens (tertiary/aromatic N) is 3. The Morgan fingerprint density at radius 3 is 2.64 bits per heavy atom. The average Bonchev–Trinajstić information content (AvgIpc) is 2.76. The van der Waals surface area contributed by atoms with Crippen molar-refractivity contribution in [3.8, 4) is 11.5 Å². The first-order valence-electron chi connectivity index (χ1n) is 6.72. The number of phenolic OH excluding ortho intramolecular Hbond substituents is 1. The lowest BCUT2D eigenvalue weighted by atomic mass is 10.1. The van der Waals surface area contributed by atoms with Crippen LogP contribution in [0.2, 0.25) is 0 Å². The van der Waals surface area contributed by atoms with Crippen molar-refractivity contribution in [1.29, 1.82) is 0 Å². The van der Waals surface area contributed by atoms with Gasteiger partial charge in [0.15, 0.2) is 5.82 Å². The van der Waals surface area contributed by atoms with Crippen LogP contribution in [0.15, 0.2) is 34.5 Å². The van der Waals surface area contributed by atoms with Gasteiger partial charge in [0.05, 0.1) is 24.6 Å². The van der Waals surface area contributed by atoms with Gasteiger partial charge in [-0.1, -0.05) is 6.07 Å². The van der Waals surface area contributed by atoms with Crippen molar-refractivity contribution < 1.29 is 19.7 Å². The van der Waals surface area contributed by atoms with E-state index in [0.717, 1.165) is 0 Å². The summed E-state index contributed by atoms with van der Waals surface area (Å²) < 4.78 is 10.6. The first-order valence-corrected chi connectivity index (χ1v) is 6.72. The lowest BCUT2D eigenvalue weighted by Crippen LogP contribution is -1.98. The van der Waals surface area contributed by atoms with Crippen molar-refractivity contribution in [2.24, 2.45) is 10.2 Å². The minimum Gasteiger partial charge on any atom is -0.508 e. The Morgan fingerprint density at radius 1 is 1.09 bits per heavy atom. The van der Waals surface area contributed by atoms with E-state index in [-0.39, 0.29) is 31.5 Å². The minimum atomic E-state index is 0.0943. The van der Waals surface area contributed by atoms with Crippen LogP contribution in [0, 0.1) is 6.92 Å². The smallest absolute Gasteiger partial charge is 0.180 e. The minimum absolute atomic E-state index is 0.0943. The van der Waals surface area contributed by atoms with Crippen molar-refractivity contribution in [3.05, 3.63) is 41.1 Å². The molecule has 7 heteroatoms. The van der Waals surface area contributed by atoms with E-state index >= 15 is 0 Å². The van der Waals surface area contributed by atoms with Crippen LogP contribution in [-0.4, -0.2) is 22.0 Å². The Bertz CT molecular complexity index is 731. The molecular weight excluding hydrogens is 286 g/mol. The molecule has 1 aliphatic heterocycles. The highest BCUT2D eigenvalue weighted by Gasteiger charge is 2.20. The molecular formula is C15H15N3O4. The average molecular weight is 301 g/mol. The van der Waals surface area contributed by atoms with Crippen LogP contribution in [0.5, 0.6) is 11.5 Å². The predicted molar refractivity (Wildman–Crippen MR) is 77.4 cm³/mol. The van der Waals surface area contributed by atoms with E-state index in [4.69, 9.17) is 9.47 Å². The predicted octanol–water partition coefficient (Wildman–Crippen LogP) is 3.22. The number of aromatic hydroxyl groups is 2. The number of fused-ring (bicyclic) bond motifs is 1. The molecule has 3 rings (SSSR count). The SMILES string of the molecule is Cc1nc(N=Nc2cccc(O)c2)c2c(c1O)COCOC2. The van der Waals surface area contributed by atoms with E-state index in [2.05, 4.69) is 15.2 Å². The van der Waals surface area contributed by atoms with Crippen LogP contribution in [0.4, 0.5) is 11.5 Å². The number of rotatable bonds is 2. The van der Waals surface area contributed by atoms with Crippen molar-refractivity contribution >= 4 is 11.5 Å². The number of aromatic nitrogens is 1. The third kappa shape index (κ3) is 2.90. The zero-order chi connectivity index (χ0) is 15.5. The summed E-state index contributed by atoms with van der Waals surface area (Å²) in [7, 11) is 0. The zero-order valence-corrected chi connectivity index (χ0v) is 12.0. The Kier molecular flexibility index (Phi) is 3.99. The highest BCUT2D eigenvalue weighted by atomic mass is 16.7. The number of azo groups is 1. The van der Waals surface area contributed by atoms with Gasteiger partial charge in [-0.25, -0.2) is 4.98 Å². The lowest BCUT2D eigenvalue weighted by Gasteiger charge is -2.10. The first kappa shape index (κ1) is 14.4. The van der Waals surface area contributed by atoms with Crippen molar-refractivity contribution in [1.82, 2.24) is 4.98 Å². The van der Waals surface area contributed by atoms with Gasteiger partial charge in [0, 0.05) is 17.2 Å². The fourth-order valence-electron chi connectivity index (χ4n) is 2.17. The molecule has 22 heavy (non-hydrogen) atoms. The third-order valence-electron chi connectivity index (χ3n) is 3.29. The highest BCUT2D eigenvalue weighted by Crippen LogP contribution is 2.34. The molecule has 1 aliphatic rings. The molecule has 0 bridgehead atoms. The monoisotopic (exact) mass is 301 g/mol. The normalized spacial score (nSPS) is 14.8. The van der Waals surface area contributed by atoms with Crippen LogP contribution in [0.3, 0.4) is 0 Å². The van der Waals surface area contributed by atoms with Gasteiger partial charge in [-0.3, -0.25) is 0 Å². The van der Waals surface area contributed by atoms with E-state index < -0.39 is 0 Å². The summed E-state index contributed by atoms with van der Waals surface area (Å²) in [5.74, 6) is 0.581. The van der Waals surface area contributed by atoms with Crippen LogP contribution in [0.1, 0.15) is 16.8 Å². The molecule has 0 unspecified atom stereocenters. The molecule has 0 amide bonds. The molecule has 0 aliphatic carbocycles. The molecule has 0 radical (unpaired) electrons. The van der Waals surface area contributed by atoms with E-state index in [1.165, 1.54) is 6.07 Å². The van der Waals surface area contributed by atoms with Gasteiger partial charge >= 0.3 is 0 Å². The maximum Gasteiger partial charge on any atom is 0.180 e. The molecule has 2 heterocycles. The Morgan fingerprint density at radius 2 is 1.86 bits per heavy atom. The number of pyridine rings is 1. The number of ether oxygens (including phenoxy) is 2. The summed E-state index contributed by atoms with van der Waals surface area (Å²) in [5, 5.41) is 27.7. The lowest BCUT2D eigenvalue weighted by molar-refractivity contribution is -0.0588. The number of phenols is 1. The summed E-state index contributed by atoms with van der Waals surface area (Å²) in [6, 6.07) is 6.44. The Labute approximate surface area is 126 Å². The second kappa shape index (κ2) is 6.08. The quantitative estimate of drug-likeness (QED) is 0.830. The molecule has 2 N–H and O–H groups in total. The van der Waals surface area contributed by atoms with Crippen LogP contribution in [0.25, 0.3) is 0 Å². The van der Waals surface area contributed by atoms with Gasteiger partial charge in [0.1, 0.15) is 18.3 Å². The van der Waals surface area contributed by atoms with Crippen molar-refractivity contribution in [3.63, 3.8) is 0 Å². The molecule has 2 aromatic rings. The summed E-state index contributed by atoms with van der Waals surface area (Å²) in [6.45, 7) is 2.31. The largest absolute Gasteiger partial charge is 0.508 e. The zero-order valence-electron chi connectivity index (χ0n) is 12.0. The van der Waals surface area contributed by atoms with Gasteiger partial charge in [0.2, 0.25) is 0 Å². The Hall–Kier alpha value is -2.51. The summed E-state index contributed by atoms with van der Waals surface area (Å²) in [6.07, 6.45) is 0. The van der Waals surface area contributed by atoms with Gasteiger partial charge in [-0.2, -0.15) is 0 Å². The van der Waals surface area contributed by atoms with E-state index in [0.29, 0.717) is 28.3 Å². The molecule has 0 spiro atoms. The number of benzene rings is 1. The third-order valence-corrected chi connectivity index (χ3v) is 3.29. The van der Waals surface area contributed by atoms with E-state index in [9.17, 15) is 10.2 Å². The molecule has 1 aromatic heterocycles. The fourth-order valence-corrected chi connectivity index (χ4v) is 2.17. The second-order valence-corrected chi connectivity index (χ2v) is 4.86. The second-order valence-electron chi connectivity index (χ2n) is 4.86. The van der Waals surface area contributed by atoms with Crippen molar-refractivity contribution in [2.75, 3.05) is 6.79 Å². The summed E-state index contributed by atoms with van der Waals surface area (Å²) in [4.78, 5) is 4.26. The van der Waals surface area contributed by atoms with Crippen LogP contribution in [-0.2, 0) is 22.7 Å². The summed E-state index contributed by atoms with van der Waals surface area (Å²) in [5.41, 5.74) is 2.24. The van der Waals surface area contributed by atoms with Crippen molar-refractivity contribution in [2.45, 2.75) is 20.1 Å². The molecule has 114 valence electrons. The highest BCUT2D eigenvalue weighted by molar-refractivity contribution is 5.52. The molecule has 0 atom stereocenters. The topological polar surface area (TPSA) is 96.5 Å². The molecule has 7 nitrogen and oxygen atoms in total. The fraction of sp³-hybridized carbons (Fsp3) is 0.267. The molecule has 0 saturated heterocycles. The number of hydrogen-bond donors (Lipinski definition) is 2. The Balaban J connectivity index is 2.01. The van der Waals surface area contributed by atoms with Gasteiger partial charge in [-0.15, -0.1) is 10.2 Å². The van der Waals surface area contributed by atoms with Gasteiger partial charge in [-0.05, 0) is 19.1 Å². The maximum absolute atomic E-state index is 10.1. The molecule has 1 aromatic carbocycles. The first-order chi connectivity index (χ1) is 10.6. The van der Waals surface area contributed by atoms with Gasteiger partial charge < -0.3 is 19.7 Å².